The van der Waals surface area contributed by atoms with Crippen molar-refractivity contribution in [3.8, 4) is 5.75 Å². The number of rotatable bonds is 8. The molecule has 1 aliphatic carbocycles. The molecule has 2 aromatic carbocycles. The minimum absolute atomic E-state index is 0.147. The highest BCUT2D eigenvalue weighted by Gasteiger charge is 2.37. The van der Waals surface area contributed by atoms with Gasteiger partial charge in [0.05, 0.1) is 12.0 Å². The molecule has 2 aromatic rings. The monoisotopic (exact) mass is 465 g/mol. The number of hydrogen-bond acceptors (Lipinski definition) is 5. The van der Waals surface area contributed by atoms with Crippen LogP contribution in [0.4, 0.5) is 5.69 Å². The Bertz CT molecular complexity index is 1000. The van der Waals surface area contributed by atoms with Crippen LogP contribution in [0.1, 0.15) is 56.1 Å². The first-order chi connectivity index (χ1) is 16.5. The maximum atomic E-state index is 12.7. The molecule has 2 fully saturated rings. The van der Waals surface area contributed by atoms with Crippen LogP contribution < -0.4 is 4.74 Å². The summed E-state index contributed by atoms with van der Waals surface area (Å²) in [5.74, 6) is 1.45. The van der Waals surface area contributed by atoms with E-state index in [1.165, 1.54) is 24.8 Å². The summed E-state index contributed by atoms with van der Waals surface area (Å²) >= 11 is 0. The van der Waals surface area contributed by atoms with Crippen molar-refractivity contribution < 1.29 is 14.5 Å². The molecule has 0 spiro atoms. The number of benzene rings is 2. The summed E-state index contributed by atoms with van der Waals surface area (Å²) in [5.41, 5.74) is 2.09. The Labute approximate surface area is 201 Å². The lowest BCUT2D eigenvalue weighted by Crippen LogP contribution is -2.44. The number of ether oxygens (including phenoxy) is 1. The molecule has 0 N–H and O–H groups in total. The van der Waals surface area contributed by atoms with Crippen molar-refractivity contribution in [2.45, 2.75) is 57.5 Å². The standard InChI is InChI=1S/C27H35N3O4/c1-20(31)29(24-11-4-3-5-12-24)18-23-17-28(16-22-9-6-7-14-27(22)30(32)33)19-26(23)21-10-8-13-25(15-21)34-2/h6-10,13-15,23-24,26H,3-5,11-12,16-19H2,1-2H3/t23-,26+/m1/s1. The topological polar surface area (TPSA) is 75.9 Å². The predicted molar refractivity (Wildman–Crippen MR) is 132 cm³/mol. The van der Waals surface area contributed by atoms with E-state index in [0.717, 1.165) is 43.8 Å². The zero-order valence-electron chi connectivity index (χ0n) is 20.2. The van der Waals surface area contributed by atoms with Crippen LogP contribution in [0.25, 0.3) is 0 Å². The lowest BCUT2D eigenvalue weighted by Gasteiger charge is -2.36. The molecule has 2 aliphatic rings. The van der Waals surface area contributed by atoms with E-state index in [1.807, 2.05) is 24.3 Å². The Hall–Kier alpha value is -2.93. The van der Waals surface area contributed by atoms with Gasteiger partial charge >= 0.3 is 0 Å². The molecular weight excluding hydrogens is 430 g/mol. The SMILES string of the molecule is COc1cccc([C@@H]2CN(Cc3ccccc3[N+](=O)[O-])C[C@@H]2CN(C(C)=O)C2CCCCC2)c1. The van der Waals surface area contributed by atoms with E-state index < -0.39 is 0 Å². The molecule has 1 amide bonds. The second-order valence-electron chi connectivity index (χ2n) is 9.69. The first-order valence-corrected chi connectivity index (χ1v) is 12.3. The minimum Gasteiger partial charge on any atom is -0.497 e. The van der Waals surface area contributed by atoms with Crippen LogP contribution in [0.15, 0.2) is 48.5 Å². The number of nitro groups is 1. The number of nitro benzene ring substituents is 1. The van der Waals surface area contributed by atoms with E-state index in [9.17, 15) is 14.9 Å². The van der Waals surface area contributed by atoms with Crippen LogP contribution in [-0.2, 0) is 11.3 Å². The number of para-hydroxylation sites is 1. The van der Waals surface area contributed by atoms with Crippen molar-refractivity contribution in [1.29, 1.82) is 0 Å². The van der Waals surface area contributed by atoms with E-state index in [1.54, 1.807) is 26.2 Å². The number of amides is 1. The molecule has 4 rings (SSSR count). The van der Waals surface area contributed by atoms with Gasteiger partial charge in [-0.2, -0.15) is 0 Å². The summed E-state index contributed by atoms with van der Waals surface area (Å²) in [5, 5.41) is 11.5. The van der Waals surface area contributed by atoms with Crippen molar-refractivity contribution in [1.82, 2.24) is 9.80 Å². The van der Waals surface area contributed by atoms with Gasteiger partial charge in [-0.1, -0.05) is 49.6 Å². The molecular formula is C27H35N3O4. The fourth-order valence-corrected chi connectivity index (χ4v) is 5.77. The van der Waals surface area contributed by atoms with Crippen molar-refractivity contribution >= 4 is 11.6 Å². The van der Waals surface area contributed by atoms with Crippen LogP contribution in [0.2, 0.25) is 0 Å². The minimum atomic E-state index is -0.303. The second-order valence-corrected chi connectivity index (χ2v) is 9.69. The fraction of sp³-hybridized carbons (Fsp3) is 0.519. The Morgan fingerprint density at radius 1 is 1.12 bits per heavy atom. The molecule has 0 unspecified atom stereocenters. The van der Waals surface area contributed by atoms with E-state index in [-0.39, 0.29) is 28.4 Å². The highest BCUT2D eigenvalue weighted by molar-refractivity contribution is 5.73. The summed E-state index contributed by atoms with van der Waals surface area (Å²) in [6.07, 6.45) is 5.78. The molecule has 2 atom stereocenters. The fourth-order valence-electron chi connectivity index (χ4n) is 5.77. The molecule has 0 radical (unpaired) electrons. The van der Waals surface area contributed by atoms with Gasteiger partial charge in [0.15, 0.2) is 0 Å². The van der Waals surface area contributed by atoms with E-state index in [0.29, 0.717) is 12.6 Å². The van der Waals surface area contributed by atoms with Gasteiger partial charge in [-0.3, -0.25) is 19.8 Å². The molecule has 1 heterocycles. The number of hydrogen-bond donors (Lipinski definition) is 0. The molecule has 1 aliphatic heterocycles. The van der Waals surface area contributed by atoms with Gasteiger partial charge in [0.1, 0.15) is 5.75 Å². The number of nitrogens with zero attached hydrogens (tertiary/aromatic N) is 3. The molecule has 182 valence electrons. The van der Waals surface area contributed by atoms with E-state index in [2.05, 4.69) is 21.9 Å². The number of carbonyl (C=O) groups excluding carboxylic acids is 1. The summed E-state index contributed by atoms with van der Waals surface area (Å²) in [4.78, 5) is 28.3. The summed E-state index contributed by atoms with van der Waals surface area (Å²) < 4.78 is 5.48. The molecule has 1 saturated heterocycles. The maximum absolute atomic E-state index is 12.7. The summed E-state index contributed by atoms with van der Waals surface area (Å²) in [6.45, 7) is 4.52. The predicted octanol–water partition coefficient (Wildman–Crippen LogP) is 5.00. The maximum Gasteiger partial charge on any atom is 0.273 e. The number of carbonyl (C=O) groups is 1. The van der Waals surface area contributed by atoms with Crippen molar-refractivity contribution in [2.24, 2.45) is 5.92 Å². The molecule has 34 heavy (non-hydrogen) atoms. The van der Waals surface area contributed by atoms with Gasteiger partial charge in [0, 0.05) is 56.7 Å². The summed E-state index contributed by atoms with van der Waals surface area (Å²) in [6, 6.07) is 15.5. The van der Waals surface area contributed by atoms with Gasteiger partial charge in [-0.25, -0.2) is 0 Å². The Kier molecular flexibility index (Phi) is 7.83. The van der Waals surface area contributed by atoms with Crippen molar-refractivity contribution in [3.05, 3.63) is 69.8 Å². The van der Waals surface area contributed by atoms with Gasteiger partial charge in [0.2, 0.25) is 5.91 Å². The third kappa shape index (κ3) is 5.58. The molecule has 7 heteroatoms. The highest BCUT2D eigenvalue weighted by atomic mass is 16.6. The largest absolute Gasteiger partial charge is 0.497 e. The van der Waals surface area contributed by atoms with Gasteiger partial charge in [-0.05, 0) is 36.5 Å². The quantitative estimate of drug-likeness (QED) is 0.405. The van der Waals surface area contributed by atoms with Crippen LogP contribution in [0.5, 0.6) is 5.75 Å². The molecule has 0 bridgehead atoms. The third-order valence-corrected chi connectivity index (χ3v) is 7.47. The number of methoxy groups -OCH3 is 1. The Balaban J connectivity index is 1.59. The van der Waals surface area contributed by atoms with Gasteiger partial charge < -0.3 is 9.64 Å². The zero-order chi connectivity index (χ0) is 24.1. The van der Waals surface area contributed by atoms with Crippen LogP contribution in [0, 0.1) is 16.0 Å². The Morgan fingerprint density at radius 3 is 2.59 bits per heavy atom. The average Bonchev–Trinajstić information content (AvgIpc) is 3.25. The zero-order valence-corrected chi connectivity index (χ0v) is 20.2. The second kappa shape index (κ2) is 11.0. The van der Waals surface area contributed by atoms with Crippen LogP contribution in [-0.4, -0.2) is 53.4 Å². The van der Waals surface area contributed by atoms with Crippen molar-refractivity contribution in [3.63, 3.8) is 0 Å². The van der Waals surface area contributed by atoms with Crippen molar-refractivity contribution in [2.75, 3.05) is 26.7 Å². The van der Waals surface area contributed by atoms with Gasteiger partial charge in [0.25, 0.3) is 5.69 Å². The number of likely N-dealkylation sites (tertiary alicyclic amines) is 1. The normalized spacial score (nSPS) is 21.4. The average molecular weight is 466 g/mol. The van der Waals surface area contributed by atoms with E-state index in [4.69, 9.17) is 4.74 Å². The first kappa shape index (κ1) is 24.2. The molecule has 1 saturated carbocycles. The third-order valence-electron chi connectivity index (χ3n) is 7.47. The van der Waals surface area contributed by atoms with Crippen LogP contribution >= 0.6 is 0 Å². The first-order valence-electron chi connectivity index (χ1n) is 12.3. The summed E-state index contributed by atoms with van der Waals surface area (Å²) in [7, 11) is 1.67. The van der Waals surface area contributed by atoms with Crippen LogP contribution in [0.3, 0.4) is 0 Å². The highest BCUT2D eigenvalue weighted by Crippen LogP contribution is 2.37. The molecule has 0 aromatic heterocycles. The Morgan fingerprint density at radius 2 is 1.88 bits per heavy atom. The van der Waals surface area contributed by atoms with E-state index >= 15 is 0 Å². The molecule has 7 nitrogen and oxygen atoms in total. The smallest absolute Gasteiger partial charge is 0.273 e. The van der Waals surface area contributed by atoms with Gasteiger partial charge in [-0.15, -0.1) is 0 Å². The lowest BCUT2D eigenvalue weighted by molar-refractivity contribution is -0.385. The lowest BCUT2D eigenvalue weighted by atomic mass is 9.87.